The van der Waals surface area contributed by atoms with Crippen molar-refractivity contribution in [3.8, 4) is 0 Å². The van der Waals surface area contributed by atoms with Gasteiger partial charge in [0.1, 0.15) is 0 Å². The Hall–Kier alpha value is -0.420. The summed E-state index contributed by atoms with van der Waals surface area (Å²) in [5, 5.41) is 21.8. The molecular weight excluding hydrogens is 294 g/mol. The summed E-state index contributed by atoms with van der Waals surface area (Å²) in [5.41, 5.74) is 0.786. The molecule has 1 aromatic carbocycles. The van der Waals surface area contributed by atoms with Gasteiger partial charge in [0.2, 0.25) is 0 Å². The van der Waals surface area contributed by atoms with Crippen molar-refractivity contribution in [2.75, 3.05) is 13.2 Å². The van der Waals surface area contributed by atoms with Crippen LogP contribution in [-0.2, 0) is 0 Å². The highest BCUT2D eigenvalue weighted by molar-refractivity contribution is 9.10. The van der Waals surface area contributed by atoms with Gasteiger partial charge in [0.15, 0.2) is 0 Å². The Bertz CT molecular complexity index is 401. The van der Waals surface area contributed by atoms with Crippen LogP contribution in [0.1, 0.15) is 31.2 Å². The average Bonchev–Trinajstić information content (AvgIpc) is 2.34. The van der Waals surface area contributed by atoms with Gasteiger partial charge in [-0.15, -0.1) is 0 Å². The lowest BCUT2D eigenvalue weighted by Crippen LogP contribution is -2.56. The molecule has 0 atom stereocenters. The molecule has 0 aliphatic heterocycles. The predicted molar refractivity (Wildman–Crippen MR) is 75.6 cm³/mol. The molecule has 2 rings (SSSR count). The Labute approximate surface area is 116 Å². The highest BCUT2D eigenvalue weighted by atomic mass is 79.9. The largest absolute Gasteiger partial charge is 0.394 e. The fraction of sp³-hybridized carbons (Fsp3) is 0.571. The van der Waals surface area contributed by atoms with Crippen LogP contribution in [0.3, 0.4) is 0 Å². The van der Waals surface area contributed by atoms with E-state index in [1.807, 2.05) is 13.0 Å². The normalized spacial score (nSPS) is 23.8. The summed E-state index contributed by atoms with van der Waals surface area (Å²) >= 11 is 3.58. The number of halogens is 1. The third-order valence-electron chi connectivity index (χ3n) is 3.73. The summed E-state index contributed by atoms with van der Waals surface area (Å²) in [4.78, 5) is 0. The van der Waals surface area contributed by atoms with E-state index >= 15 is 0 Å². The number of aliphatic hydroxyl groups is 2. The second-order valence-corrected chi connectivity index (χ2v) is 6.26. The van der Waals surface area contributed by atoms with Gasteiger partial charge in [-0.25, -0.2) is 0 Å². The van der Waals surface area contributed by atoms with E-state index in [2.05, 4.69) is 39.4 Å². The number of rotatable bonds is 5. The number of nitrogens with one attached hydrogen (secondary N) is 1. The predicted octanol–water partition coefficient (Wildman–Crippen LogP) is 2.03. The van der Waals surface area contributed by atoms with Crippen LogP contribution in [0.25, 0.3) is 0 Å². The van der Waals surface area contributed by atoms with E-state index < -0.39 is 5.54 Å². The highest BCUT2D eigenvalue weighted by Crippen LogP contribution is 2.40. The van der Waals surface area contributed by atoms with E-state index in [0.29, 0.717) is 12.0 Å². The van der Waals surface area contributed by atoms with Crippen molar-refractivity contribution in [3.05, 3.63) is 34.3 Å². The molecule has 3 N–H and O–H groups in total. The van der Waals surface area contributed by atoms with E-state index in [1.165, 1.54) is 10.0 Å². The fourth-order valence-electron chi connectivity index (χ4n) is 2.43. The number of benzene rings is 1. The molecule has 1 saturated carbocycles. The molecule has 0 saturated heterocycles. The van der Waals surface area contributed by atoms with Crippen LogP contribution in [0.5, 0.6) is 0 Å². The lowest BCUT2D eigenvalue weighted by Gasteiger charge is -2.42. The quantitative estimate of drug-likeness (QED) is 0.779. The van der Waals surface area contributed by atoms with Crippen molar-refractivity contribution in [1.82, 2.24) is 5.32 Å². The van der Waals surface area contributed by atoms with Crippen molar-refractivity contribution in [2.24, 2.45) is 0 Å². The summed E-state index contributed by atoms with van der Waals surface area (Å²) in [7, 11) is 0. The minimum Gasteiger partial charge on any atom is -0.394 e. The summed E-state index contributed by atoms with van der Waals surface area (Å²) < 4.78 is 1.17. The van der Waals surface area contributed by atoms with Crippen LogP contribution < -0.4 is 5.32 Å². The maximum Gasteiger partial charge on any atom is 0.0633 e. The molecule has 1 aliphatic carbocycles. The van der Waals surface area contributed by atoms with Crippen molar-refractivity contribution in [3.63, 3.8) is 0 Å². The standard InChI is InChI=1S/C14H20BrNO2/c1-14(8-17,9-18)16-11-6-10(7-11)12-4-2-3-5-13(12)15/h2-5,10-11,16-18H,6-9H2,1H3. The van der Waals surface area contributed by atoms with Crippen LogP contribution in [0.2, 0.25) is 0 Å². The van der Waals surface area contributed by atoms with Crippen molar-refractivity contribution in [1.29, 1.82) is 0 Å². The molecule has 1 aliphatic rings. The Balaban J connectivity index is 1.90. The molecule has 0 amide bonds. The van der Waals surface area contributed by atoms with Gasteiger partial charge in [-0.05, 0) is 37.3 Å². The zero-order valence-electron chi connectivity index (χ0n) is 10.6. The summed E-state index contributed by atoms with van der Waals surface area (Å²) in [6, 6.07) is 8.69. The van der Waals surface area contributed by atoms with Crippen molar-refractivity contribution in [2.45, 2.75) is 37.3 Å². The lowest BCUT2D eigenvalue weighted by atomic mass is 9.75. The van der Waals surface area contributed by atoms with Crippen LogP contribution in [-0.4, -0.2) is 35.0 Å². The van der Waals surface area contributed by atoms with Gasteiger partial charge >= 0.3 is 0 Å². The molecule has 0 spiro atoms. The number of aliphatic hydroxyl groups excluding tert-OH is 2. The molecular formula is C14H20BrNO2. The van der Waals surface area contributed by atoms with E-state index in [0.717, 1.165) is 12.8 Å². The topological polar surface area (TPSA) is 52.5 Å². The van der Waals surface area contributed by atoms with E-state index in [-0.39, 0.29) is 13.2 Å². The molecule has 4 heteroatoms. The van der Waals surface area contributed by atoms with E-state index in [9.17, 15) is 10.2 Å². The van der Waals surface area contributed by atoms with Gasteiger partial charge in [0.25, 0.3) is 0 Å². The van der Waals surface area contributed by atoms with E-state index in [4.69, 9.17) is 0 Å². The Morgan fingerprint density at radius 2 is 1.89 bits per heavy atom. The maximum atomic E-state index is 9.25. The van der Waals surface area contributed by atoms with Crippen molar-refractivity contribution >= 4 is 15.9 Å². The third-order valence-corrected chi connectivity index (χ3v) is 4.46. The zero-order valence-corrected chi connectivity index (χ0v) is 12.2. The van der Waals surface area contributed by atoms with Gasteiger partial charge in [-0.3, -0.25) is 0 Å². The van der Waals surface area contributed by atoms with Crippen molar-refractivity contribution < 1.29 is 10.2 Å². The van der Waals surface area contributed by atoms with Gasteiger partial charge in [0.05, 0.1) is 18.8 Å². The summed E-state index contributed by atoms with van der Waals surface area (Å²) in [5.74, 6) is 0.569. The second kappa shape index (κ2) is 5.70. The highest BCUT2D eigenvalue weighted by Gasteiger charge is 2.35. The van der Waals surface area contributed by atoms with E-state index in [1.54, 1.807) is 0 Å². The molecule has 0 unspecified atom stereocenters. The molecule has 0 aromatic heterocycles. The molecule has 100 valence electrons. The first kappa shape index (κ1) is 14.0. The first-order chi connectivity index (χ1) is 8.58. The molecule has 0 heterocycles. The van der Waals surface area contributed by atoms with Crippen LogP contribution in [0.4, 0.5) is 0 Å². The SMILES string of the molecule is CC(CO)(CO)NC1CC(c2ccccc2Br)C1. The summed E-state index contributed by atoms with van der Waals surface area (Å²) in [6.07, 6.45) is 2.11. The van der Waals surface area contributed by atoms with Gasteiger partial charge in [-0.2, -0.15) is 0 Å². The third kappa shape index (κ3) is 2.94. The second-order valence-electron chi connectivity index (χ2n) is 5.41. The fourth-order valence-corrected chi connectivity index (χ4v) is 3.04. The smallest absolute Gasteiger partial charge is 0.0633 e. The Morgan fingerprint density at radius 1 is 1.28 bits per heavy atom. The van der Waals surface area contributed by atoms with Gasteiger partial charge in [-0.1, -0.05) is 34.1 Å². The molecule has 3 nitrogen and oxygen atoms in total. The average molecular weight is 314 g/mol. The lowest BCUT2D eigenvalue weighted by molar-refractivity contribution is 0.0779. The number of hydrogen-bond acceptors (Lipinski definition) is 3. The Morgan fingerprint density at radius 3 is 2.44 bits per heavy atom. The Kier molecular flexibility index (Phi) is 4.43. The first-order valence-corrected chi connectivity index (χ1v) is 7.11. The van der Waals surface area contributed by atoms with Gasteiger partial charge in [0, 0.05) is 10.5 Å². The van der Waals surface area contributed by atoms with Gasteiger partial charge < -0.3 is 15.5 Å². The molecule has 1 aromatic rings. The first-order valence-electron chi connectivity index (χ1n) is 6.32. The number of hydrogen-bond donors (Lipinski definition) is 3. The maximum absolute atomic E-state index is 9.25. The summed E-state index contributed by atoms with van der Waals surface area (Å²) in [6.45, 7) is 1.76. The molecule has 0 radical (unpaired) electrons. The van der Waals surface area contributed by atoms with Crippen LogP contribution in [0.15, 0.2) is 28.7 Å². The van der Waals surface area contributed by atoms with Crippen LogP contribution in [0, 0.1) is 0 Å². The monoisotopic (exact) mass is 313 g/mol. The minimum atomic E-state index is -0.566. The molecule has 1 fully saturated rings. The minimum absolute atomic E-state index is 0.0420. The zero-order chi connectivity index (χ0) is 13.2. The van der Waals surface area contributed by atoms with Crippen LogP contribution >= 0.6 is 15.9 Å². The molecule has 0 bridgehead atoms. The molecule has 18 heavy (non-hydrogen) atoms.